The van der Waals surface area contributed by atoms with E-state index in [1.165, 1.54) is 0 Å². The molecule has 0 fully saturated rings. The van der Waals surface area contributed by atoms with Crippen molar-refractivity contribution in [1.82, 2.24) is 10.2 Å². The van der Waals surface area contributed by atoms with Crippen LogP contribution in [0.3, 0.4) is 0 Å². The molecule has 0 unspecified atom stereocenters. The van der Waals surface area contributed by atoms with Gasteiger partial charge in [-0.25, -0.2) is 0 Å². The SMILES string of the molecule is COCCCN1C(=O)c2ccccc2[C@@H]1Nc1cccc(C(=O)NCCOC)c1. The van der Waals surface area contributed by atoms with E-state index < -0.39 is 0 Å². The van der Waals surface area contributed by atoms with Gasteiger partial charge in [-0.05, 0) is 30.7 Å². The van der Waals surface area contributed by atoms with Gasteiger partial charge in [-0.1, -0.05) is 24.3 Å². The molecule has 154 valence electrons. The summed E-state index contributed by atoms with van der Waals surface area (Å²) in [6.07, 6.45) is 0.457. The Morgan fingerprint density at radius 2 is 1.86 bits per heavy atom. The highest BCUT2D eigenvalue weighted by molar-refractivity contribution is 5.99. The number of hydrogen-bond acceptors (Lipinski definition) is 5. The van der Waals surface area contributed by atoms with E-state index in [1.54, 1.807) is 26.4 Å². The van der Waals surface area contributed by atoms with Crippen molar-refractivity contribution >= 4 is 17.5 Å². The number of amides is 2. The second-order valence-corrected chi connectivity index (χ2v) is 6.81. The predicted molar refractivity (Wildman–Crippen MR) is 111 cm³/mol. The van der Waals surface area contributed by atoms with E-state index in [9.17, 15) is 9.59 Å². The van der Waals surface area contributed by atoms with Gasteiger partial charge in [-0.3, -0.25) is 9.59 Å². The molecule has 0 aliphatic carbocycles. The average molecular weight is 397 g/mol. The minimum atomic E-state index is -0.289. The van der Waals surface area contributed by atoms with Gasteiger partial charge in [0.15, 0.2) is 0 Å². The lowest BCUT2D eigenvalue weighted by molar-refractivity contribution is 0.0721. The molecule has 3 rings (SSSR count). The van der Waals surface area contributed by atoms with E-state index in [1.807, 2.05) is 41.3 Å². The molecule has 0 spiro atoms. The molecule has 7 heteroatoms. The Labute approximate surface area is 171 Å². The van der Waals surface area contributed by atoms with Crippen molar-refractivity contribution in [3.63, 3.8) is 0 Å². The van der Waals surface area contributed by atoms with Crippen molar-refractivity contribution < 1.29 is 19.1 Å². The smallest absolute Gasteiger partial charge is 0.256 e. The first-order valence-electron chi connectivity index (χ1n) is 9.68. The molecular weight excluding hydrogens is 370 g/mol. The fourth-order valence-electron chi connectivity index (χ4n) is 3.41. The summed E-state index contributed by atoms with van der Waals surface area (Å²) in [6, 6.07) is 14.9. The number of fused-ring (bicyclic) bond motifs is 1. The highest BCUT2D eigenvalue weighted by Gasteiger charge is 2.36. The van der Waals surface area contributed by atoms with Gasteiger partial charge in [0, 0.05) is 56.3 Å². The van der Waals surface area contributed by atoms with E-state index in [-0.39, 0.29) is 18.0 Å². The van der Waals surface area contributed by atoms with Crippen molar-refractivity contribution in [2.45, 2.75) is 12.6 Å². The fraction of sp³-hybridized carbons (Fsp3) is 0.364. The first-order chi connectivity index (χ1) is 14.2. The lowest BCUT2D eigenvalue weighted by Crippen LogP contribution is -2.33. The molecule has 7 nitrogen and oxygen atoms in total. The number of hydrogen-bond donors (Lipinski definition) is 2. The van der Waals surface area contributed by atoms with Crippen LogP contribution in [0.25, 0.3) is 0 Å². The molecule has 29 heavy (non-hydrogen) atoms. The molecular formula is C22H27N3O4. The van der Waals surface area contributed by atoms with Crippen molar-refractivity contribution in [3.05, 3.63) is 65.2 Å². The zero-order valence-electron chi connectivity index (χ0n) is 16.8. The Hall–Kier alpha value is -2.90. The van der Waals surface area contributed by atoms with Gasteiger partial charge in [0.05, 0.1) is 6.61 Å². The number of anilines is 1. The van der Waals surface area contributed by atoms with Gasteiger partial charge in [-0.15, -0.1) is 0 Å². The second kappa shape index (κ2) is 10.0. The third kappa shape index (κ3) is 4.93. The molecule has 2 N–H and O–H groups in total. The van der Waals surface area contributed by atoms with Crippen molar-refractivity contribution in [2.75, 3.05) is 45.8 Å². The fourth-order valence-corrected chi connectivity index (χ4v) is 3.41. The average Bonchev–Trinajstić information content (AvgIpc) is 3.00. The summed E-state index contributed by atoms with van der Waals surface area (Å²) in [7, 11) is 3.25. The van der Waals surface area contributed by atoms with Crippen LogP contribution in [0.5, 0.6) is 0 Å². The molecule has 2 aromatic carbocycles. The maximum atomic E-state index is 12.9. The van der Waals surface area contributed by atoms with Crippen molar-refractivity contribution in [3.8, 4) is 0 Å². The number of benzene rings is 2. The molecule has 2 aromatic rings. The van der Waals surface area contributed by atoms with Gasteiger partial charge >= 0.3 is 0 Å². The highest BCUT2D eigenvalue weighted by atomic mass is 16.5. The summed E-state index contributed by atoms with van der Waals surface area (Å²) in [4.78, 5) is 27.0. The number of carbonyl (C=O) groups is 2. The van der Waals surface area contributed by atoms with Crippen LogP contribution >= 0.6 is 0 Å². The van der Waals surface area contributed by atoms with Crippen molar-refractivity contribution in [2.24, 2.45) is 0 Å². The summed E-state index contributed by atoms with van der Waals surface area (Å²) in [6.45, 7) is 2.08. The Morgan fingerprint density at radius 1 is 1.07 bits per heavy atom. The van der Waals surface area contributed by atoms with Crippen molar-refractivity contribution in [1.29, 1.82) is 0 Å². The van der Waals surface area contributed by atoms with E-state index >= 15 is 0 Å². The Kier molecular flexibility index (Phi) is 7.21. The Bertz CT molecular complexity index is 855. The van der Waals surface area contributed by atoms with E-state index in [4.69, 9.17) is 9.47 Å². The quantitative estimate of drug-likeness (QED) is 0.603. The summed E-state index contributed by atoms with van der Waals surface area (Å²) >= 11 is 0. The topological polar surface area (TPSA) is 79.9 Å². The number of rotatable bonds is 10. The molecule has 1 aliphatic heterocycles. The maximum Gasteiger partial charge on any atom is 0.256 e. The van der Waals surface area contributed by atoms with E-state index in [0.29, 0.717) is 37.4 Å². The number of ether oxygens (including phenoxy) is 2. The monoisotopic (exact) mass is 397 g/mol. The van der Waals surface area contributed by atoms with Gasteiger partial charge in [0.2, 0.25) is 0 Å². The number of methoxy groups -OCH3 is 2. The van der Waals surface area contributed by atoms with Gasteiger partial charge in [-0.2, -0.15) is 0 Å². The zero-order chi connectivity index (χ0) is 20.6. The summed E-state index contributed by atoms with van der Waals surface area (Å²) in [5, 5.41) is 6.24. The molecule has 2 amide bonds. The van der Waals surface area contributed by atoms with Crippen LogP contribution in [-0.2, 0) is 9.47 Å². The van der Waals surface area contributed by atoms with Crippen LogP contribution in [-0.4, -0.2) is 57.2 Å². The van der Waals surface area contributed by atoms with Gasteiger partial charge in [0.1, 0.15) is 6.17 Å². The van der Waals surface area contributed by atoms with Crippen LogP contribution in [0.1, 0.15) is 38.9 Å². The van der Waals surface area contributed by atoms with Crippen LogP contribution in [0, 0.1) is 0 Å². The highest BCUT2D eigenvalue weighted by Crippen LogP contribution is 2.34. The first kappa shape index (κ1) is 20.8. The third-order valence-electron chi connectivity index (χ3n) is 4.83. The normalized spacial score (nSPS) is 15.3. The Balaban J connectivity index is 1.78. The van der Waals surface area contributed by atoms with Crippen LogP contribution < -0.4 is 10.6 Å². The van der Waals surface area contributed by atoms with Gasteiger partial charge < -0.3 is 25.0 Å². The largest absolute Gasteiger partial charge is 0.385 e. The van der Waals surface area contributed by atoms with E-state index in [0.717, 1.165) is 17.7 Å². The summed E-state index contributed by atoms with van der Waals surface area (Å²) in [5.74, 6) is -0.159. The minimum absolute atomic E-state index is 0.00247. The number of nitrogens with zero attached hydrogens (tertiary/aromatic N) is 1. The van der Waals surface area contributed by atoms with E-state index in [2.05, 4.69) is 10.6 Å². The zero-order valence-corrected chi connectivity index (χ0v) is 16.8. The number of carbonyl (C=O) groups excluding carboxylic acids is 2. The standard InChI is InChI=1S/C22H27N3O4/c1-28-13-6-12-25-20(18-9-3-4-10-19(18)22(25)27)24-17-8-5-7-16(15-17)21(26)23-11-14-29-2/h3-5,7-10,15,20,24H,6,11-14H2,1-2H3,(H,23,26)/t20-/m1/s1. The summed E-state index contributed by atoms with van der Waals surface area (Å²) < 4.78 is 10.1. The predicted octanol–water partition coefficient (Wildman–Crippen LogP) is 2.67. The first-order valence-corrected chi connectivity index (χ1v) is 9.68. The molecule has 0 aromatic heterocycles. The van der Waals surface area contributed by atoms with Crippen LogP contribution in [0.4, 0.5) is 5.69 Å². The lowest BCUT2D eigenvalue weighted by atomic mass is 10.1. The minimum Gasteiger partial charge on any atom is -0.385 e. The molecule has 0 radical (unpaired) electrons. The lowest BCUT2D eigenvalue weighted by Gasteiger charge is -2.27. The third-order valence-corrected chi connectivity index (χ3v) is 4.83. The molecule has 0 saturated heterocycles. The number of nitrogens with one attached hydrogen (secondary N) is 2. The summed E-state index contributed by atoms with van der Waals surface area (Å²) in [5.41, 5.74) is 2.96. The second-order valence-electron chi connectivity index (χ2n) is 6.81. The Morgan fingerprint density at radius 3 is 2.66 bits per heavy atom. The van der Waals surface area contributed by atoms with Gasteiger partial charge in [0.25, 0.3) is 11.8 Å². The molecule has 1 aliphatic rings. The maximum absolute atomic E-state index is 12.9. The molecule has 0 bridgehead atoms. The molecule has 0 saturated carbocycles. The van der Waals surface area contributed by atoms with Crippen LogP contribution in [0.15, 0.2) is 48.5 Å². The van der Waals surface area contributed by atoms with Crippen LogP contribution in [0.2, 0.25) is 0 Å². The molecule has 1 atom stereocenters. The molecule has 1 heterocycles.